The zero-order valence-corrected chi connectivity index (χ0v) is 20.4. The van der Waals surface area contributed by atoms with Crippen LogP contribution in [0, 0.1) is 0 Å². The number of carbonyl (C=O) groups is 2. The number of nitrogens with zero attached hydrogens (tertiary/aromatic N) is 2. The summed E-state index contributed by atoms with van der Waals surface area (Å²) < 4.78 is 0. The lowest BCUT2D eigenvalue weighted by molar-refractivity contribution is -0.141. The maximum absolute atomic E-state index is 13.5. The van der Waals surface area contributed by atoms with Crippen LogP contribution in [-0.2, 0) is 21.4 Å². The summed E-state index contributed by atoms with van der Waals surface area (Å²) in [7, 11) is 0. The zero-order valence-electron chi connectivity index (χ0n) is 19.6. The first-order valence-corrected chi connectivity index (χ1v) is 12.4. The van der Waals surface area contributed by atoms with Crippen LogP contribution >= 0.6 is 11.3 Å². The Morgan fingerprint density at radius 3 is 2.42 bits per heavy atom. The Morgan fingerprint density at radius 2 is 1.81 bits per heavy atom. The normalized spacial score (nSPS) is 16.2. The largest absolute Gasteiger partial charge is 0.333 e. The summed E-state index contributed by atoms with van der Waals surface area (Å²) in [5.74, 6) is 0.122. The molecular formula is C26H36N2O2S. The Hall–Kier alpha value is -2.14. The average molecular weight is 441 g/mol. The molecule has 0 aliphatic carbocycles. The lowest BCUT2D eigenvalue weighted by Gasteiger charge is -2.38. The molecule has 1 aliphatic rings. The van der Waals surface area contributed by atoms with Crippen molar-refractivity contribution in [2.24, 2.45) is 0 Å². The van der Waals surface area contributed by atoms with Crippen LogP contribution < -0.4 is 0 Å². The van der Waals surface area contributed by atoms with Gasteiger partial charge in [0.05, 0.1) is 12.6 Å². The van der Waals surface area contributed by atoms with Gasteiger partial charge in [0, 0.05) is 24.4 Å². The smallest absolute Gasteiger partial charge is 0.242 e. The predicted molar refractivity (Wildman–Crippen MR) is 129 cm³/mol. The predicted octanol–water partition coefficient (Wildman–Crippen LogP) is 5.56. The molecule has 0 spiro atoms. The SMILES string of the molecule is CCCC(=O)N(CCC)CC(=O)N1CCc2sccc2C1c1ccc(C(C)(C)C)cc1. The lowest BCUT2D eigenvalue weighted by Crippen LogP contribution is -2.47. The summed E-state index contributed by atoms with van der Waals surface area (Å²) >= 11 is 1.78. The molecule has 168 valence electrons. The summed E-state index contributed by atoms with van der Waals surface area (Å²) in [4.78, 5) is 31.1. The highest BCUT2D eigenvalue weighted by molar-refractivity contribution is 7.10. The van der Waals surface area contributed by atoms with Gasteiger partial charge in [0.1, 0.15) is 0 Å². The Morgan fingerprint density at radius 1 is 1.10 bits per heavy atom. The molecule has 0 radical (unpaired) electrons. The van der Waals surface area contributed by atoms with Gasteiger partial charge in [-0.2, -0.15) is 0 Å². The molecule has 0 saturated carbocycles. The van der Waals surface area contributed by atoms with Crippen molar-refractivity contribution in [1.29, 1.82) is 0 Å². The van der Waals surface area contributed by atoms with E-state index >= 15 is 0 Å². The first-order chi connectivity index (χ1) is 14.8. The number of hydrogen-bond donors (Lipinski definition) is 0. The van der Waals surface area contributed by atoms with Crippen molar-refractivity contribution in [3.63, 3.8) is 0 Å². The first kappa shape index (κ1) is 23.5. The van der Waals surface area contributed by atoms with Crippen LogP contribution in [-0.4, -0.2) is 41.2 Å². The van der Waals surface area contributed by atoms with Crippen molar-refractivity contribution < 1.29 is 9.59 Å². The molecule has 4 nitrogen and oxygen atoms in total. The van der Waals surface area contributed by atoms with E-state index in [9.17, 15) is 9.59 Å². The third kappa shape index (κ3) is 5.38. The topological polar surface area (TPSA) is 40.6 Å². The van der Waals surface area contributed by atoms with E-state index in [0.717, 1.165) is 24.8 Å². The molecule has 31 heavy (non-hydrogen) atoms. The molecule has 0 bridgehead atoms. The number of thiophene rings is 1. The Balaban J connectivity index is 1.89. The fraction of sp³-hybridized carbons (Fsp3) is 0.538. The van der Waals surface area contributed by atoms with Crippen LogP contribution in [0.5, 0.6) is 0 Å². The van der Waals surface area contributed by atoms with Crippen LogP contribution in [0.3, 0.4) is 0 Å². The molecule has 1 aromatic carbocycles. The molecule has 3 rings (SSSR count). The number of hydrogen-bond acceptors (Lipinski definition) is 3. The van der Waals surface area contributed by atoms with Crippen LogP contribution in [0.1, 0.15) is 81.5 Å². The number of carbonyl (C=O) groups excluding carboxylic acids is 2. The second-order valence-corrected chi connectivity index (χ2v) is 10.5. The fourth-order valence-corrected chi connectivity index (χ4v) is 5.20. The number of amides is 2. The molecule has 1 unspecified atom stereocenters. The third-order valence-corrected chi connectivity index (χ3v) is 7.01. The van der Waals surface area contributed by atoms with E-state index in [1.165, 1.54) is 16.0 Å². The minimum atomic E-state index is -0.0822. The summed E-state index contributed by atoms with van der Waals surface area (Å²) in [6.07, 6.45) is 3.04. The molecule has 1 aromatic heterocycles. The minimum absolute atomic E-state index is 0.0413. The number of benzene rings is 1. The van der Waals surface area contributed by atoms with Gasteiger partial charge >= 0.3 is 0 Å². The first-order valence-electron chi connectivity index (χ1n) is 11.5. The molecule has 2 heterocycles. The van der Waals surface area contributed by atoms with Crippen molar-refractivity contribution in [3.8, 4) is 0 Å². The highest BCUT2D eigenvalue weighted by Crippen LogP contribution is 2.38. The zero-order chi connectivity index (χ0) is 22.6. The average Bonchev–Trinajstić information content (AvgIpc) is 3.21. The van der Waals surface area contributed by atoms with Crippen molar-refractivity contribution >= 4 is 23.2 Å². The van der Waals surface area contributed by atoms with E-state index in [4.69, 9.17) is 0 Å². The van der Waals surface area contributed by atoms with Gasteiger partial charge in [0.25, 0.3) is 0 Å². The molecule has 0 fully saturated rings. The van der Waals surface area contributed by atoms with Crippen LogP contribution in [0.4, 0.5) is 0 Å². The van der Waals surface area contributed by atoms with Gasteiger partial charge in [-0.1, -0.05) is 58.9 Å². The molecule has 2 aromatic rings. The van der Waals surface area contributed by atoms with Crippen LogP contribution in [0.2, 0.25) is 0 Å². The fourth-order valence-electron chi connectivity index (χ4n) is 4.30. The molecule has 0 saturated heterocycles. The van der Waals surface area contributed by atoms with E-state index in [1.54, 1.807) is 16.2 Å². The standard InChI is InChI=1S/C26H36N2O2S/c1-6-8-23(29)27(15-7-2)18-24(30)28-16-13-22-21(14-17-31-22)25(28)19-9-11-20(12-10-19)26(3,4)5/h9-12,14,17,25H,6-8,13,15-16,18H2,1-5H3. The second kappa shape index (κ2) is 9.99. The molecule has 5 heteroatoms. The van der Waals surface area contributed by atoms with E-state index in [1.807, 2.05) is 11.8 Å². The maximum Gasteiger partial charge on any atom is 0.242 e. The van der Waals surface area contributed by atoms with Gasteiger partial charge < -0.3 is 9.80 Å². The molecule has 0 N–H and O–H groups in total. The summed E-state index contributed by atoms with van der Waals surface area (Å²) in [5.41, 5.74) is 3.75. The molecule has 1 aliphatic heterocycles. The van der Waals surface area contributed by atoms with Gasteiger partial charge in [-0.3, -0.25) is 9.59 Å². The summed E-state index contributed by atoms with van der Waals surface area (Å²) in [5, 5.41) is 2.13. The summed E-state index contributed by atoms with van der Waals surface area (Å²) in [6.45, 7) is 12.2. The van der Waals surface area contributed by atoms with Gasteiger partial charge in [-0.15, -0.1) is 11.3 Å². The number of fused-ring (bicyclic) bond motifs is 1. The van der Waals surface area contributed by atoms with Crippen LogP contribution in [0.25, 0.3) is 0 Å². The Labute approximate surface area is 191 Å². The van der Waals surface area contributed by atoms with Crippen molar-refractivity contribution in [1.82, 2.24) is 9.80 Å². The van der Waals surface area contributed by atoms with Gasteiger partial charge in [0.2, 0.25) is 11.8 Å². The van der Waals surface area contributed by atoms with Crippen molar-refractivity contribution in [2.45, 2.75) is 71.8 Å². The molecule has 2 amide bonds. The summed E-state index contributed by atoms with van der Waals surface area (Å²) in [6, 6.07) is 10.8. The quantitative estimate of drug-likeness (QED) is 0.566. The Bertz CT molecular complexity index is 895. The Kier molecular flexibility index (Phi) is 7.58. The van der Waals surface area contributed by atoms with E-state index < -0.39 is 0 Å². The third-order valence-electron chi connectivity index (χ3n) is 6.01. The maximum atomic E-state index is 13.5. The van der Waals surface area contributed by atoms with Crippen molar-refractivity contribution in [3.05, 3.63) is 57.3 Å². The highest BCUT2D eigenvalue weighted by atomic mass is 32.1. The van der Waals surface area contributed by atoms with Crippen LogP contribution in [0.15, 0.2) is 35.7 Å². The second-order valence-electron chi connectivity index (χ2n) is 9.48. The molecule has 1 atom stereocenters. The van der Waals surface area contributed by atoms with Crippen molar-refractivity contribution in [2.75, 3.05) is 19.6 Å². The minimum Gasteiger partial charge on any atom is -0.333 e. The van der Waals surface area contributed by atoms with Gasteiger partial charge in [0.15, 0.2) is 0 Å². The van der Waals surface area contributed by atoms with E-state index in [0.29, 0.717) is 19.5 Å². The van der Waals surface area contributed by atoms with E-state index in [-0.39, 0.29) is 29.8 Å². The number of rotatable bonds is 7. The highest BCUT2D eigenvalue weighted by Gasteiger charge is 2.34. The lowest BCUT2D eigenvalue weighted by atomic mass is 9.85. The molecular weight excluding hydrogens is 404 g/mol. The monoisotopic (exact) mass is 440 g/mol. The van der Waals surface area contributed by atoms with Gasteiger partial charge in [-0.25, -0.2) is 0 Å². The van der Waals surface area contributed by atoms with E-state index in [2.05, 4.69) is 63.4 Å². The van der Waals surface area contributed by atoms with Gasteiger partial charge in [-0.05, 0) is 52.8 Å².